The van der Waals surface area contributed by atoms with Crippen molar-refractivity contribution >= 4 is 27.3 Å². The van der Waals surface area contributed by atoms with Crippen LogP contribution in [0.3, 0.4) is 0 Å². The number of ether oxygens (including phenoxy) is 2. The van der Waals surface area contributed by atoms with Crippen molar-refractivity contribution in [2.45, 2.75) is 36.9 Å². The summed E-state index contributed by atoms with van der Waals surface area (Å²) in [6.07, 6.45) is 1.16. The van der Waals surface area contributed by atoms with Crippen LogP contribution < -0.4 is 10.1 Å². The van der Waals surface area contributed by atoms with Crippen molar-refractivity contribution in [3.63, 3.8) is 0 Å². The third kappa shape index (κ3) is 5.89. The standard InChI is InChI=1S/C19H23F2N3O5S2/c1-3-13-8-22-4-5-24(13)19(25)29-10-15-16(20)6-14(7-17(15)21)28-9-12-11-30-18(23-12)31(2,26)27/h6-7,11,13,22H,3-5,8-10H2,1-2H3/t13-/m1/s1. The first-order chi connectivity index (χ1) is 14.7. The molecule has 1 fully saturated rings. The molecule has 0 spiro atoms. The molecule has 8 nitrogen and oxygen atoms in total. The van der Waals surface area contributed by atoms with Crippen LogP contribution in [0, 0.1) is 11.6 Å². The van der Waals surface area contributed by atoms with Gasteiger partial charge in [-0.15, -0.1) is 11.3 Å². The van der Waals surface area contributed by atoms with E-state index in [0.29, 0.717) is 25.3 Å². The Bertz CT molecular complexity index is 1020. The van der Waals surface area contributed by atoms with Gasteiger partial charge in [0.2, 0.25) is 14.2 Å². The summed E-state index contributed by atoms with van der Waals surface area (Å²) in [7, 11) is -3.43. The van der Waals surface area contributed by atoms with E-state index >= 15 is 0 Å². The first kappa shape index (κ1) is 23.4. The van der Waals surface area contributed by atoms with Gasteiger partial charge in [-0.2, -0.15) is 0 Å². The molecule has 0 aliphatic carbocycles. The van der Waals surface area contributed by atoms with Crippen molar-refractivity contribution < 1.29 is 31.5 Å². The van der Waals surface area contributed by atoms with Crippen molar-refractivity contribution in [2.75, 3.05) is 25.9 Å². The predicted molar refractivity (Wildman–Crippen MR) is 110 cm³/mol. The van der Waals surface area contributed by atoms with Gasteiger partial charge in [-0.1, -0.05) is 6.92 Å². The van der Waals surface area contributed by atoms with Gasteiger partial charge in [0.1, 0.15) is 30.6 Å². The van der Waals surface area contributed by atoms with Gasteiger partial charge in [-0.05, 0) is 6.42 Å². The van der Waals surface area contributed by atoms with Crippen LogP contribution in [-0.2, 0) is 27.8 Å². The Morgan fingerprint density at radius 2 is 2.03 bits per heavy atom. The molecule has 0 bridgehead atoms. The highest BCUT2D eigenvalue weighted by Gasteiger charge is 2.27. The van der Waals surface area contributed by atoms with Gasteiger partial charge >= 0.3 is 6.09 Å². The molecule has 0 unspecified atom stereocenters. The van der Waals surface area contributed by atoms with Crippen molar-refractivity contribution in [1.29, 1.82) is 0 Å². The molecule has 2 heterocycles. The zero-order valence-corrected chi connectivity index (χ0v) is 18.7. The molecule has 1 aliphatic heterocycles. The van der Waals surface area contributed by atoms with Gasteiger partial charge in [0, 0.05) is 49.4 Å². The number of amides is 1. The summed E-state index contributed by atoms with van der Waals surface area (Å²) in [5.41, 5.74) is -0.0531. The topological polar surface area (TPSA) is 97.8 Å². The minimum absolute atomic E-state index is 0.0272. The third-order valence-corrected chi connectivity index (χ3v) is 7.35. The molecule has 1 amide bonds. The van der Waals surface area contributed by atoms with E-state index in [0.717, 1.165) is 36.1 Å². The summed E-state index contributed by atoms with van der Waals surface area (Å²) in [5, 5.41) is 4.68. The van der Waals surface area contributed by atoms with Gasteiger partial charge in [-0.3, -0.25) is 0 Å². The number of nitrogens with zero attached hydrogens (tertiary/aromatic N) is 2. The van der Waals surface area contributed by atoms with Crippen LogP contribution in [0.5, 0.6) is 5.75 Å². The number of rotatable bonds is 7. The molecule has 1 N–H and O–H groups in total. The maximum atomic E-state index is 14.4. The molecule has 0 saturated carbocycles. The minimum atomic E-state index is -3.43. The van der Waals surface area contributed by atoms with E-state index in [4.69, 9.17) is 9.47 Å². The highest BCUT2D eigenvalue weighted by Crippen LogP contribution is 2.24. The number of carbonyl (C=O) groups is 1. The fourth-order valence-electron chi connectivity index (χ4n) is 3.07. The lowest BCUT2D eigenvalue weighted by atomic mass is 10.1. The van der Waals surface area contributed by atoms with E-state index in [-0.39, 0.29) is 28.3 Å². The number of hydrogen-bond donors (Lipinski definition) is 1. The van der Waals surface area contributed by atoms with E-state index in [1.165, 1.54) is 5.38 Å². The molecule has 0 radical (unpaired) electrons. The molecule has 1 saturated heterocycles. The largest absolute Gasteiger partial charge is 0.487 e. The first-order valence-corrected chi connectivity index (χ1v) is 12.4. The quantitative estimate of drug-likeness (QED) is 0.658. The minimum Gasteiger partial charge on any atom is -0.487 e. The van der Waals surface area contributed by atoms with Gasteiger partial charge in [0.05, 0.1) is 11.3 Å². The number of aromatic nitrogens is 1. The van der Waals surface area contributed by atoms with Crippen molar-refractivity contribution in [1.82, 2.24) is 15.2 Å². The van der Waals surface area contributed by atoms with Crippen LogP contribution in [0.2, 0.25) is 0 Å². The van der Waals surface area contributed by atoms with Crippen LogP contribution in [0.25, 0.3) is 0 Å². The fraction of sp³-hybridized carbons (Fsp3) is 0.474. The monoisotopic (exact) mass is 475 g/mol. The Hall–Kier alpha value is -2.31. The summed E-state index contributed by atoms with van der Waals surface area (Å²) in [5.74, 6) is -1.91. The number of halogens is 2. The Labute approximate surface area is 183 Å². The molecule has 31 heavy (non-hydrogen) atoms. The maximum Gasteiger partial charge on any atom is 0.410 e. The average Bonchev–Trinajstić information content (AvgIpc) is 3.21. The summed E-state index contributed by atoms with van der Waals surface area (Å²) < 4.78 is 62.1. The number of sulfone groups is 1. The van der Waals surface area contributed by atoms with E-state index in [9.17, 15) is 22.0 Å². The molecule has 1 aromatic heterocycles. The second-order valence-corrected chi connectivity index (χ2v) is 10.1. The second-order valence-electron chi connectivity index (χ2n) is 7.05. The summed E-state index contributed by atoms with van der Waals surface area (Å²) in [6, 6.07) is 1.94. The first-order valence-electron chi connectivity index (χ1n) is 9.58. The average molecular weight is 476 g/mol. The fourth-order valence-corrected chi connectivity index (χ4v) is 4.72. The van der Waals surface area contributed by atoms with E-state index < -0.39 is 34.2 Å². The highest BCUT2D eigenvalue weighted by atomic mass is 32.2. The molecular formula is C19H23F2N3O5S2. The number of benzene rings is 1. The lowest BCUT2D eigenvalue weighted by Crippen LogP contribution is -2.53. The molecule has 170 valence electrons. The number of nitrogens with one attached hydrogen (secondary N) is 1. The predicted octanol–water partition coefficient (Wildman–Crippen LogP) is 2.72. The zero-order chi connectivity index (χ0) is 22.6. The lowest BCUT2D eigenvalue weighted by Gasteiger charge is -2.34. The third-order valence-electron chi connectivity index (χ3n) is 4.75. The molecule has 3 rings (SSSR count). The lowest BCUT2D eigenvalue weighted by molar-refractivity contribution is 0.0699. The number of piperazine rings is 1. The maximum absolute atomic E-state index is 14.4. The Balaban J connectivity index is 1.61. The molecule has 2 aromatic rings. The number of hydrogen-bond acceptors (Lipinski definition) is 8. The SMILES string of the molecule is CC[C@@H]1CNCCN1C(=O)OCc1c(F)cc(OCc2csc(S(C)(=O)=O)n2)cc1F. The summed E-state index contributed by atoms with van der Waals surface area (Å²) in [4.78, 5) is 17.8. The Kier molecular flexibility index (Phi) is 7.44. The van der Waals surface area contributed by atoms with E-state index in [1.54, 1.807) is 4.90 Å². The smallest absolute Gasteiger partial charge is 0.410 e. The van der Waals surface area contributed by atoms with Crippen molar-refractivity contribution in [3.8, 4) is 5.75 Å². The van der Waals surface area contributed by atoms with Gasteiger partial charge in [-0.25, -0.2) is 27.0 Å². The molecular weight excluding hydrogens is 452 g/mol. The second kappa shape index (κ2) is 9.88. The zero-order valence-electron chi connectivity index (χ0n) is 17.1. The van der Waals surface area contributed by atoms with Gasteiger partial charge in [0.15, 0.2) is 0 Å². The summed E-state index contributed by atoms with van der Waals surface area (Å²) >= 11 is 0.939. The molecule has 1 atom stereocenters. The highest BCUT2D eigenvalue weighted by molar-refractivity contribution is 7.92. The van der Waals surface area contributed by atoms with Crippen LogP contribution in [0.1, 0.15) is 24.6 Å². The normalized spacial score (nSPS) is 16.9. The van der Waals surface area contributed by atoms with Crippen molar-refractivity contribution in [2.24, 2.45) is 0 Å². The molecule has 1 aromatic carbocycles. The van der Waals surface area contributed by atoms with E-state index in [1.807, 2.05) is 6.92 Å². The number of thiazole rings is 1. The Morgan fingerprint density at radius 3 is 2.65 bits per heavy atom. The van der Waals surface area contributed by atoms with Crippen LogP contribution in [-0.4, -0.2) is 56.3 Å². The summed E-state index contributed by atoms with van der Waals surface area (Å²) in [6.45, 7) is 2.99. The van der Waals surface area contributed by atoms with Crippen molar-refractivity contribution in [3.05, 3.63) is 40.4 Å². The number of carbonyl (C=O) groups excluding carboxylic acids is 1. The van der Waals surface area contributed by atoms with Crippen LogP contribution >= 0.6 is 11.3 Å². The molecule has 12 heteroatoms. The van der Waals surface area contributed by atoms with Gasteiger partial charge in [0.25, 0.3) is 0 Å². The van der Waals surface area contributed by atoms with Crippen LogP contribution in [0.4, 0.5) is 13.6 Å². The Morgan fingerprint density at radius 1 is 1.32 bits per heavy atom. The van der Waals surface area contributed by atoms with Gasteiger partial charge < -0.3 is 19.7 Å². The van der Waals surface area contributed by atoms with E-state index in [2.05, 4.69) is 10.3 Å². The van der Waals surface area contributed by atoms with Crippen LogP contribution in [0.15, 0.2) is 21.9 Å². The molecule has 1 aliphatic rings.